The van der Waals surface area contributed by atoms with Gasteiger partial charge in [0.2, 0.25) is 0 Å². The summed E-state index contributed by atoms with van der Waals surface area (Å²) in [4.78, 5) is 16.8. The van der Waals surface area contributed by atoms with E-state index in [-0.39, 0.29) is 11.7 Å². The SMILES string of the molecule is O=c1c2cnc3ccnn3c2ccn1CC1CCCO1. The lowest BCUT2D eigenvalue weighted by Crippen LogP contribution is -2.26. The molecular formula is C14H14N4O2. The highest BCUT2D eigenvalue weighted by Gasteiger charge is 2.17. The fourth-order valence-corrected chi connectivity index (χ4v) is 2.75. The number of fused-ring (bicyclic) bond motifs is 3. The number of pyridine rings is 1. The van der Waals surface area contributed by atoms with Gasteiger partial charge in [-0.25, -0.2) is 9.50 Å². The van der Waals surface area contributed by atoms with Gasteiger partial charge < -0.3 is 9.30 Å². The lowest BCUT2D eigenvalue weighted by atomic mass is 10.2. The van der Waals surface area contributed by atoms with Crippen molar-refractivity contribution < 1.29 is 4.74 Å². The summed E-state index contributed by atoms with van der Waals surface area (Å²) in [7, 11) is 0. The van der Waals surface area contributed by atoms with Gasteiger partial charge in [0.1, 0.15) is 0 Å². The van der Waals surface area contributed by atoms with Crippen molar-refractivity contribution in [3.63, 3.8) is 0 Å². The molecule has 3 aromatic rings. The molecule has 0 aromatic carbocycles. The first-order valence-electron chi connectivity index (χ1n) is 6.76. The van der Waals surface area contributed by atoms with E-state index in [4.69, 9.17) is 4.74 Å². The lowest BCUT2D eigenvalue weighted by molar-refractivity contribution is 0.0963. The third-order valence-corrected chi connectivity index (χ3v) is 3.78. The highest BCUT2D eigenvalue weighted by Crippen LogP contribution is 2.15. The second-order valence-corrected chi connectivity index (χ2v) is 5.07. The molecule has 4 heterocycles. The monoisotopic (exact) mass is 270 g/mol. The second-order valence-electron chi connectivity index (χ2n) is 5.07. The van der Waals surface area contributed by atoms with Crippen LogP contribution in [0, 0.1) is 0 Å². The van der Waals surface area contributed by atoms with Crippen molar-refractivity contribution in [3.8, 4) is 0 Å². The second kappa shape index (κ2) is 4.42. The Kier molecular flexibility index (Phi) is 2.56. The van der Waals surface area contributed by atoms with Crippen LogP contribution in [0.2, 0.25) is 0 Å². The Morgan fingerprint density at radius 2 is 2.35 bits per heavy atom. The predicted molar refractivity (Wildman–Crippen MR) is 73.7 cm³/mol. The molecule has 20 heavy (non-hydrogen) atoms. The normalized spacial score (nSPS) is 19.1. The Morgan fingerprint density at radius 3 is 3.20 bits per heavy atom. The number of rotatable bonds is 2. The number of ether oxygens (including phenoxy) is 1. The minimum Gasteiger partial charge on any atom is -0.376 e. The van der Waals surface area contributed by atoms with Crippen LogP contribution in [-0.2, 0) is 11.3 Å². The predicted octanol–water partition coefficient (Wildman–Crippen LogP) is 1.22. The van der Waals surface area contributed by atoms with E-state index in [0.29, 0.717) is 11.9 Å². The molecule has 1 fully saturated rings. The average molecular weight is 270 g/mol. The van der Waals surface area contributed by atoms with E-state index in [1.165, 1.54) is 0 Å². The highest BCUT2D eigenvalue weighted by atomic mass is 16.5. The van der Waals surface area contributed by atoms with Crippen molar-refractivity contribution in [1.29, 1.82) is 0 Å². The zero-order valence-corrected chi connectivity index (χ0v) is 10.9. The summed E-state index contributed by atoms with van der Waals surface area (Å²) in [6.07, 6.45) is 7.35. The maximum Gasteiger partial charge on any atom is 0.261 e. The van der Waals surface area contributed by atoms with E-state index >= 15 is 0 Å². The summed E-state index contributed by atoms with van der Waals surface area (Å²) in [5.74, 6) is 0. The van der Waals surface area contributed by atoms with Gasteiger partial charge in [0, 0.05) is 25.1 Å². The molecule has 0 bridgehead atoms. The van der Waals surface area contributed by atoms with Gasteiger partial charge in [0.05, 0.1) is 29.7 Å². The molecule has 0 aliphatic carbocycles. The summed E-state index contributed by atoms with van der Waals surface area (Å²) in [6.45, 7) is 1.40. The molecule has 0 N–H and O–H groups in total. The van der Waals surface area contributed by atoms with Gasteiger partial charge in [-0.15, -0.1) is 0 Å². The standard InChI is InChI=1S/C14H14N4O2/c19-14-11-8-15-13-3-5-16-18(13)12(11)4-6-17(14)9-10-2-1-7-20-10/h3-6,8,10H,1-2,7,9H2. The smallest absolute Gasteiger partial charge is 0.261 e. The van der Waals surface area contributed by atoms with Crippen LogP contribution in [0.4, 0.5) is 0 Å². The molecule has 102 valence electrons. The van der Waals surface area contributed by atoms with Crippen LogP contribution in [0.1, 0.15) is 12.8 Å². The van der Waals surface area contributed by atoms with Gasteiger partial charge in [-0.1, -0.05) is 0 Å². The largest absolute Gasteiger partial charge is 0.376 e. The van der Waals surface area contributed by atoms with Crippen LogP contribution in [-0.4, -0.2) is 31.9 Å². The average Bonchev–Trinajstić information content (AvgIpc) is 3.12. The minimum absolute atomic E-state index is 0.0390. The summed E-state index contributed by atoms with van der Waals surface area (Å²) in [5, 5.41) is 4.79. The third-order valence-electron chi connectivity index (χ3n) is 3.78. The van der Waals surface area contributed by atoms with Crippen LogP contribution in [0.15, 0.2) is 35.5 Å². The molecule has 6 nitrogen and oxygen atoms in total. The molecule has 0 amide bonds. The Bertz CT molecular complexity index is 830. The van der Waals surface area contributed by atoms with Gasteiger partial charge in [-0.05, 0) is 18.9 Å². The zero-order chi connectivity index (χ0) is 13.5. The minimum atomic E-state index is -0.0390. The van der Waals surface area contributed by atoms with E-state index in [1.54, 1.807) is 21.5 Å². The summed E-state index contributed by atoms with van der Waals surface area (Å²) in [6, 6.07) is 3.73. The van der Waals surface area contributed by atoms with E-state index in [9.17, 15) is 4.79 Å². The molecule has 0 spiro atoms. The third kappa shape index (κ3) is 1.72. The van der Waals surface area contributed by atoms with Crippen molar-refractivity contribution in [2.24, 2.45) is 0 Å². The number of hydrogen-bond acceptors (Lipinski definition) is 4. The molecule has 1 atom stereocenters. The van der Waals surface area contributed by atoms with E-state index in [2.05, 4.69) is 10.1 Å². The molecule has 1 unspecified atom stereocenters. The molecule has 1 aliphatic rings. The Morgan fingerprint density at radius 1 is 1.40 bits per heavy atom. The van der Waals surface area contributed by atoms with E-state index in [1.807, 2.05) is 18.3 Å². The number of aromatic nitrogens is 4. The fourth-order valence-electron chi connectivity index (χ4n) is 2.75. The topological polar surface area (TPSA) is 61.4 Å². The fraction of sp³-hybridized carbons (Fsp3) is 0.357. The number of hydrogen-bond donors (Lipinski definition) is 0. The van der Waals surface area contributed by atoms with Gasteiger partial charge in [0.25, 0.3) is 5.56 Å². The number of nitrogens with zero attached hydrogens (tertiary/aromatic N) is 4. The van der Waals surface area contributed by atoms with Crippen molar-refractivity contribution in [3.05, 3.63) is 41.1 Å². The summed E-state index contributed by atoms with van der Waals surface area (Å²) < 4.78 is 8.98. The molecule has 0 radical (unpaired) electrons. The maximum atomic E-state index is 12.5. The van der Waals surface area contributed by atoms with Crippen molar-refractivity contribution in [2.45, 2.75) is 25.5 Å². The van der Waals surface area contributed by atoms with Gasteiger partial charge in [-0.2, -0.15) is 5.10 Å². The molecule has 1 saturated heterocycles. The van der Waals surface area contributed by atoms with Gasteiger partial charge in [0.15, 0.2) is 5.65 Å². The maximum absolute atomic E-state index is 12.5. The Hall–Kier alpha value is -2.21. The van der Waals surface area contributed by atoms with Crippen LogP contribution in [0.3, 0.4) is 0 Å². The first kappa shape index (κ1) is 11.6. The lowest BCUT2D eigenvalue weighted by Gasteiger charge is -2.12. The van der Waals surface area contributed by atoms with Crippen LogP contribution < -0.4 is 5.56 Å². The van der Waals surface area contributed by atoms with Crippen molar-refractivity contribution >= 4 is 16.6 Å². The first-order chi connectivity index (χ1) is 9.83. The molecular weight excluding hydrogens is 256 g/mol. The quantitative estimate of drug-likeness (QED) is 0.702. The summed E-state index contributed by atoms with van der Waals surface area (Å²) >= 11 is 0. The Balaban J connectivity index is 1.85. The first-order valence-corrected chi connectivity index (χ1v) is 6.76. The van der Waals surface area contributed by atoms with Crippen LogP contribution in [0.5, 0.6) is 0 Å². The van der Waals surface area contributed by atoms with Crippen molar-refractivity contribution in [1.82, 2.24) is 19.2 Å². The Labute approximate surface area is 114 Å². The molecule has 0 saturated carbocycles. The molecule has 3 aromatic heterocycles. The molecule has 1 aliphatic heterocycles. The molecule has 4 rings (SSSR count). The van der Waals surface area contributed by atoms with Crippen molar-refractivity contribution in [2.75, 3.05) is 6.61 Å². The van der Waals surface area contributed by atoms with Crippen LogP contribution >= 0.6 is 0 Å². The van der Waals surface area contributed by atoms with Gasteiger partial charge >= 0.3 is 0 Å². The van der Waals surface area contributed by atoms with Crippen LogP contribution in [0.25, 0.3) is 16.6 Å². The van der Waals surface area contributed by atoms with E-state index in [0.717, 1.165) is 30.6 Å². The van der Waals surface area contributed by atoms with Gasteiger partial charge in [-0.3, -0.25) is 4.79 Å². The zero-order valence-electron chi connectivity index (χ0n) is 10.9. The highest BCUT2D eigenvalue weighted by molar-refractivity contribution is 5.78. The van der Waals surface area contributed by atoms with E-state index < -0.39 is 0 Å². The molecule has 6 heteroatoms. The summed E-state index contributed by atoms with van der Waals surface area (Å²) in [5.41, 5.74) is 1.49.